The summed E-state index contributed by atoms with van der Waals surface area (Å²) < 4.78 is 37.9. The van der Waals surface area contributed by atoms with Gasteiger partial charge in [0.05, 0.1) is 5.56 Å². The first-order chi connectivity index (χ1) is 13.3. The molecule has 148 valence electrons. The highest BCUT2D eigenvalue weighted by molar-refractivity contribution is 5.94. The maximum absolute atomic E-state index is 12.6. The van der Waals surface area contributed by atoms with Crippen LogP contribution in [-0.4, -0.2) is 36.0 Å². The Kier molecular flexibility index (Phi) is 5.87. The highest BCUT2D eigenvalue weighted by atomic mass is 19.4. The molecule has 1 fully saturated rings. The molecule has 1 heterocycles. The molecule has 28 heavy (non-hydrogen) atoms. The molecule has 0 aromatic heterocycles. The topological polar surface area (TPSA) is 61.4 Å². The molecule has 0 unspecified atom stereocenters. The van der Waals surface area contributed by atoms with E-state index in [9.17, 15) is 22.8 Å². The van der Waals surface area contributed by atoms with E-state index < -0.39 is 11.7 Å². The third kappa shape index (κ3) is 5.03. The van der Waals surface area contributed by atoms with Gasteiger partial charge in [-0.3, -0.25) is 4.79 Å². The van der Waals surface area contributed by atoms with Crippen LogP contribution in [0.25, 0.3) is 0 Å². The van der Waals surface area contributed by atoms with Crippen LogP contribution in [0.4, 0.5) is 23.7 Å². The van der Waals surface area contributed by atoms with E-state index in [0.29, 0.717) is 31.6 Å². The third-order valence-corrected chi connectivity index (χ3v) is 4.61. The second kappa shape index (κ2) is 8.33. The van der Waals surface area contributed by atoms with E-state index in [1.165, 1.54) is 12.1 Å². The van der Waals surface area contributed by atoms with Gasteiger partial charge in [-0.1, -0.05) is 18.2 Å². The number of rotatable bonds is 3. The maximum Gasteiger partial charge on any atom is 0.416 e. The van der Waals surface area contributed by atoms with Gasteiger partial charge in [0.15, 0.2) is 0 Å². The second-order valence-corrected chi connectivity index (χ2v) is 6.61. The number of alkyl halides is 3. The number of hydrogen-bond donors (Lipinski definition) is 2. The largest absolute Gasteiger partial charge is 0.416 e. The van der Waals surface area contributed by atoms with Crippen molar-refractivity contribution in [1.82, 2.24) is 10.2 Å². The van der Waals surface area contributed by atoms with Crippen molar-refractivity contribution in [3.63, 3.8) is 0 Å². The van der Waals surface area contributed by atoms with E-state index in [1.54, 1.807) is 17.0 Å². The molecular weight excluding hydrogens is 371 g/mol. The summed E-state index contributed by atoms with van der Waals surface area (Å²) in [5, 5.41) is 5.62. The fourth-order valence-corrected chi connectivity index (χ4v) is 3.09. The standard InChI is InChI=1S/C20H20F3N3O2/c21-20(22,23)15-8-6-14(7-9-15)18(27)26-12-10-17(11-13-26)25-19(28)24-16-4-2-1-3-5-16/h1-9,17H,10-13H2,(H2,24,25,28). The van der Waals surface area contributed by atoms with Gasteiger partial charge in [0.2, 0.25) is 0 Å². The molecule has 1 aliphatic heterocycles. The number of halogens is 3. The lowest BCUT2D eigenvalue weighted by Crippen LogP contribution is -2.47. The fraction of sp³-hybridized carbons (Fsp3) is 0.300. The molecule has 8 heteroatoms. The molecule has 0 spiro atoms. The van der Waals surface area contributed by atoms with Crippen molar-refractivity contribution in [2.45, 2.75) is 25.1 Å². The van der Waals surface area contributed by atoms with E-state index in [1.807, 2.05) is 18.2 Å². The summed E-state index contributed by atoms with van der Waals surface area (Å²) in [6.07, 6.45) is -3.27. The Labute approximate surface area is 160 Å². The predicted octanol–water partition coefficient (Wildman–Crippen LogP) is 4.13. The zero-order valence-corrected chi connectivity index (χ0v) is 15.0. The van der Waals surface area contributed by atoms with Crippen molar-refractivity contribution in [3.05, 3.63) is 65.7 Å². The molecule has 2 aromatic carbocycles. The van der Waals surface area contributed by atoms with E-state index in [2.05, 4.69) is 10.6 Å². The normalized spacial score (nSPS) is 15.2. The van der Waals surface area contributed by atoms with Crippen LogP contribution < -0.4 is 10.6 Å². The Morgan fingerprint density at radius 1 is 0.929 bits per heavy atom. The lowest BCUT2D eigenvalue weighted by Gasteiger charge is -2.32. The average molecular weight is 391 g/mol. The van der Waals surface area contributed by atoms with Gasteiger partial charge in [0, 0.05) is 30.4 Å². The maximum atomic E-state index is 12.6. The minimum atomic E-state index is -4.42. The SMILES string of the molecule is O=C(Nc1ccccc1)NC1CCN(C(=O)c2ccc(C(F)(F)F)cc2)CC1. The molecule has 1 saturated heterocycles. The molecule has 3 rings (SSSR count). The lowest BCUT2D eigenvalue weighted by atomic mass is 10.0. The monoisotopic (exact) mass is 391 g/mol. The molecule has 2 aromatic rings. The zero-order valence-electron chi connectivity index (χ0n) is 15.0. The van der Waals surface area contributed by atoms with Crippen LogP contribution >= 0.6 is 0 Å². The number of urea groups is 1. The van der Waals surface area contributed by atoms with E-state index in [4.69, 9.17) is 0 Å². The third-order valence-electron chi connectivity index (χ3n) is 4.61. The van der Waals surface area contributed by atoms with Gasteiger partial charge in [-0.15, -0.1) is 0 Å². The molecule has 0 saturated carbocycles. The average Bonchev–Trinajstić information content (AvgIpc) is 2.68. The minimum absolute atomic E-state index is 0.0691. The van der Waals surface area contributed by atoms with Gasteiger partial charge in [-0.2, -0.15) is 13.2 Å². The summed E-state index contributed by atoms with van der Waals surface area (Å²) in [5.74, 6) is -0.305. The summed E-state index contributed by atoms with van der Waals surface area (Å²) >= 11 is 0. The van der Waals surface area contributed by atoms with Gasteiger partial charge >= 0.3 is 12.2 Å². The molecule has 5 nitrogen and oxygen atoms in total. The Bertz CT molecular complexity index is 815. The van der Waals surface area contributed by atoms with Crippen LogP contribution in [0.15, 0.2) is 54.6 Å². The number of nitrogens with one attached hydrogen (secondary N) is 2. The van der Waals surface area contributed by atoms with E-state index >= 15 is 0 Å². The van der Waals surface area contributed by atoms with Crippen LogP contribution in [0.5, 0.6) is 0 Å². The summed E-state index contributed by atoms with van der Waals surface area (Å²) in [5.41, 5.74) is 0.132. The first kappa shape index (κ1) is 19.7. The number of piperidine rings is 1. The van der Waals surface area contributed by atoms with Gasteiger partial charge < -0.3 is 15.5 Å². The van der Waals surface area contributed by atoms with Gasteiger partial charge in [0.25, 0.3) is 5.91 Å². The Morgan fingerprint density at radius 3 is 2.11 bits per heavy atom. The second-order valence-electron chi connectivity index (χ2n) is 6.61. The summed E-state index contributed by atoms with van der Waals surface area (Å²) in [6.45, 7) is 0.853. The molecule has 0 radical (unpaired) electrons. The van der Waals surface area contributed by atoms with Crippen molar-refractivity contribution >= 4 is 17.6 Å². The highest BCUT2D eigenvalue weighted by Crippen LogP contribution is 2.29. The molecule has 0 aliphatic carbocycles. The van der Waals surface area contributed by atoms with Crippen molar-refractivity contribution in [2.24, 2.45) is 0 Å². The summed E-state index contributed by atoms with van der Waals surface area (Å²) in [4.78, 5) is 26.1. The Hall–Kier alpha value is -3.03. The van der Waals surface area contributed by atoms with E-state index in [-0.39, 0.29) is 23.5 Å². The number of benzene rings is 2. The smallest absolute Gasteiger partial charge is 0.338 e. The Balaban J connectivity index is 1.49. The van der Waals surface area contributed by atoms with Crippen molar-refractivity contribution in [2.75, 3.05) is 18.4 Å². The van der Waals surface area contributed by atoms with Gasteiger partial charge in [-0.05, 0) is 49.2 Å². The molecule has 0 bridgehead atoms. The first-order valence-electron chi connectivity index (χ1n) is 8.92. The molecule has 0 atom stereocenters. The van der Waals surface area contributed by atoms with Crippen LogP contribution in [0.2, 0.25) is 0 Å². The van der Waals surface area contributed by atoms with Gasteiger partial charge in [0.1, 0.15) is 0 Å². The number of carbonyl (C=O) groups is 2. The number of likely N-dealkylation sites (tertiary alicyclic amines) is 1. The predicted molar refractivity (Wildman–Crippen MR) is 99.0 cm³/mol. The van der Waals surface area contributed by atoms with Gasteiger partial charge in [-0.25, -0.2) is 4.79 Å². The van der Waals surface area contributed by atoms with Crippen LogP contribution in [0.1, 0.15) is 28.8 Å². The number of para-hydroxylation sites is 1. The molecule has 3 amide bonds. The number of nitrogens with zero attached hydrogens (tertiary/aromatic N) is 1. The van der Waals surface area contributed by atoms with Crippen LogP contribution in [-0.2, 0) is 6.18 Å². The number of hydrogen-bond acceptors (Lipinski definition) is 2. The fourth-order valence-electron chi connectivity index (χ4n) is 3.09. The van der Waals surface area contributed by atoms with Crippen LogP contribution in [0, 0.1) is 0 Å². The zero-order chi connectivity index (χ0) is 20.1. The number of amides is 3. The van der Waals surface area contributed by atoms with E-state index in [0.717, 1.165) is 12.1 Å². The highest BCUT2D eigenvalue weighted by Gasteiger charge is 2.31. The van der Waals surface area contributed by atoms with Crippen molar-refractivity contribution in [3.8, 4) is 0 Å². The quantitative estimate of drug-likeness (QED) is 0.827. The molecular formula is C20H20F3N3O2. The summed E-state index contributed by atoms with van der Waals surface area (Å²) in [7, 11) is 0. The minimum Gasteiger partial charge on any atom is -0.338 e. The number of anilines is 1. The van der Waals surface area contributed by atoms with Crippen LogP contribution in [0.3, 0.4) is 0 Å². The molecule has 2 N–H and O–H groups in total. The number of carbonyl (C=O) groups excluding carboxylic acids is 2. The lowest BCUT2D eigenvalue weighted by molar-refractivity contribution is -0.137. The van der Waals surface area contributed by atoms with Crippen molar-refractivity contribution < 1.29 is 22.8 Å². The first-order valence-corrected chi connectivity index (χ1v) is 8.92. The summed E-state index contributed by atoms with van der Waals surface area (Å²) in [6, 6.07) is 12.9. The Morgan fingerprint density at radius 2 is 1.54 bits per heavy atom. The molecule has 1 aliphatic rings. The van der Waals surface area contributed by atoms with Crippen molar-refractivity contribution in [1.29, 1.82) is 0 Å².